The molecule has 1 aromatic rings. The van der Waals surface area contributed by atoms with Gasteiger partial charge in [-0.25, -0.2) is 0 Å². The van der Waals surface area contributed by atoms with Gasteiger partial charge in [0.05, 0.1) is 11.0 Å². The van der Waals surface area contributed by atoms with E-state index >= 15 is 0 Å². The maximum absolute atomic E-state index is 10.9. The molecule has 0 radical (unpaired) electrons. The first-order valence-corrected chi connectivity index (χ1v) is 7.59. The number of nitrogens with one attached hydrogen (secondary N) is 1. The van der Waals surface area contributed by atoms with E-state index in [9.17, 15) is 10.1 Å². The number of non-ortho nitro benzene ring substituents is 1. The van der Waals surface area contributed by atoms with Crippen LogP contribution < -0.4 is 5.32 Å². The van der Waals surface area contributed by atoms with Crippen LogP contribution in [-0.2, 0) is 4.74 Å². The number of nitrogens with zero attached hydrogens (tertiary/aromatic N) is 1. The molecule has 21 heavy (non-hydrogen) atoms. The van der Waals surface area contributed by atoms with Gasteiger partial charge in [0.25, 0.3) is 5.69 Å². The molecule has 1 fully saturated rings. The van der Waals surface area contributed by atoms with Gasteiger partial charge in [0.1, 0.15) is 0 Å². The number of ether oxygens (including phenoxy) is 1. The van der Waals surface area contributed by atoms with Gasteiger partial charge in [-0.3, -0.25) is 10.1 Å². The van der Waals surface area contributed by atoms with Crippen LogP contribution in [0.25, 0.3) is 0 Å². The topological polar surface area (TPSA) is 64.4 Å². The predicted octanol–water partition coefficient (Wildman–Crippen LogP) is 3.45. The predicted molar refractivity (Wildman–Crippen MR) is 82.2 cm³/mol. The third kappa shape index (κ3) is 4.25. The lowest BCUT2D eigenvalue weighted by atomic mass is 9.94. The lowest BCUT2D eigenvalue weighted by Crippen LogP contribution is -2.41. The smallest absolute Gasteiger partial charge is 0.269 e. The summed E-state index contributed by atoms with van der Waals surface area (Å²) < 4.78 is 5.78. The second-order valence-corrected chi connectivity index (χ2v) is 6.12. The van der Waals surface area contributed by atoms with Gasteiger partial charge in [0.15, 0.2) is 0 Å². The highest BCUT2D eigenvalue weighted by molar-refractivity contribution is 5.35. The van der Waals surface area contributed by atoms with Crippen molar-refractivity contribution in [3.05, 3.63) is 39.9 Å². The van der Waals surface area contributed by atoms with Crippen LogP contribution in [0.4, 0.5) is 5.69 Å². The van der Waals surface area contributed by atoms with Crippen LogP contribution in [0.5, 0.6) is 0 Å². The molecule has 116 valence electrons. The molecule has 5 nitrogen and oxygen atoms in total. The number of nitro benzene ring substituents is 1. The highest BCUT2D eigenvalue weighted by Crippen LogP contribution is 2.24. The van der Waals surface area contributed by atoms with E-state index in [0.717, 1.165) is 25.0 Å². The highest BCUT2D eigenvalue weighted by Gasteiger charge is 2.26. The minimum absolute atomic E-state index is 0.0980. The summed E-state index contributed by atoms with van der Waals surface area (Å²) in [6.07, 6.45) is 2.29. The van der Waals surface area contributed by atoms with Crippen LogP contribution in [0, 0.1) is 16.0 Å². The van der Waals surface area contributed by atoms with Gasteiger partial charge in [-0.05, 0) is 31.2 Å². The molecule has 5 heteroatoms. The van der Waals surface area contributed by atoms with Crippen LogP contribution in [0.3, 0.4) is 0 Å². The fourth-order valence-corrected chi connectivity index (χ4v) is 2.80. The van der Waals surface area contributed by atoms with Gasteiger partial charge in [0.2, 0.25) is 0 Å². The zero-order valence-corrected chi connectivity index (χ0v) is 12.9. The van der Waals surface area contributed by atoms with E-state index < -0.39 is 0 Å². The minimum Gasteiger partial charge on any atom is -0.378 e. The van der Waals surface area contributed by atoms with E-state index in [2.05, 4.69) is 26.1 Å². The van der Waals surface area contributed by atoms with Gasteiger partial charge < -0.3 is 10.1 Å². The Hall–Kier alpha value is -1.46. The van der Waals surface area contributed by atoms with Crippen molar-refractivity contribution in [2.24, 2.45) is 5.92 Å². The summed E-state index contributed by atoms with van der Waals surface area (Å²) in [4.78, 5) is 10.5. The lowest BCUT2D eigenvalue weighted by Gasteiger charge is -2.34. The molecule has 1 aliphatic rings. The molecule has 1 aromatic carbocycles. The Bertz CT molecular complexity index is 490. The van der Waals surface area contributed by atoms with Crippen molar-refractivity contribution in [1.82, 2.24) is 5.32 Å². The molecule has 1 aliphatic heterocycles. The molecule has 1 saturated heterocycles. The van der Waals surface area contributed by atoms with E-state index in [1.165, 1.54) is 6.07 Å². The molecule has 3 unspecified atom stereocenters. The molecule has 0 saturated carbocycles. The largest absolute Gasteiger partial charge is 0.378 e. The van der Waals surface area contributed by atoms with E-state index in [1.54, 1.807) is 12.1 Å². The third-order valence-electron chi connectivity index (χ3n) is 4.13. The first-order valence-electron chi connectivity index (χ1n) is 7.59. The Kier molecular flexibility index (Phi) is 5.31. The molecular formula is C16H24N2O3. The number of benzene rings is 1. The van der Waals surface area contributed by atoms with E-state index in [1.807, 2.05) is 6.07 Å². The number of hydrogen-bond donors (Lipinski definition) is 1. The fraction of sp³-hybridized carbons (Fsp3) is 0.625. The zero-order chi connectivity index (χ0) is 15.4. The van der Waals surface area contributed by atoms with Crippen LogP contribution >= 0.6 is 0 Å². The van der Waals surface area contributed by atoms with E-state index in [-0.39, 0.29) is 16.7 Å². The molecule has 0 spiro atoms. The third-order valence-corrected chi connectivity index (χ3v) is 4.13. The van der Waals surface area contributed by atoms with Crippen molar-refractivity contribution in [2.45, 2.75) is 51.8 Å². The Morgan fingerprint density at radius 2 is 2.14 bits per heavy atom. The van der Waals surface area contributed by atoms with Gasteiger partial charge in [-0.2, -0.15) is 0 Å². The Labute approximate surface area is 125 Å². The Morgan fingerprint density at radius 3 is 2.81 bits per heavy atom. The van der Waals surface area contributed by atoms with Crippen molar-refractivity contribution in [2.75, 3.05) is 6.61 Å². The maximum Gasteiger partial charge on any atom is 0.269 e. The molecule has 1 N–H and O–H groups in total. The molecular weight excluding hydrogens is 268 g/mol. The fourth-order valence-electron chi connectivity index (χ4n) is 2.80. The summed E-state index contributed by atoms with van der Waals surface area (Å²) in [7, 11) is 0. The van der Waals surface area contributed by atoms with E-state index in [4.69, 9.17) is 4.74 Å². The van der Waals surface area contributed by atoms with Crippen molar-refractivity contribution < 1.29 is 9.66 Å². The van der Waals surface area contributed by atoms with Crippen LogP contribution in [0.1, 0.15) is 45.2 Å². The van der Waals surface area contributed by atoms with Gasteiger partial charge in [-0.1, -0.05) is 26.0 Å². The summed E-state index contributed by atoms with van der Waals surface area (Å²) >= 11 is 0. The molecule has 0 aromatic heterocycles. The maximum atomic E-state index is 10.9. The minimum atomic E-state index is -0.348. The van der Waals surface area contributed by atoms with Gasteiger partial charge in [0, 0.05) is 30.8 Å². The molecule has 0 aliphatic carbocycles. The summed E-state index contributed by atoms with van der Waals surface area (Å²) in [5.41, 5.74) is 1.10. The summed E-state index contributed by atoms with van der Waals surface area (Å²) in [6, 6.07) is 7.36. The van der Waals surface area contributed by atoms with Gasteiger partial charge >= 0.3 is 0 Å². The van der Waals surface area contributed by atoms with Crippen molar-refractivity contribution in [3.63, 3.8) is 0 Å². The first kappa shape index (κ1) is 15.9. The van der Waals surface area contributed by atoms with Gasteiger partial charge in [-0.15, -0.1) is 0 Å². The number of hydrogen-bond acceptors (Lipinski definition) is 4. The molecule has 3 atom stereocenters. The van der Waals surface area contributed by atoms with Crippen molar-refractivity contribution in [3.8, 4) is 0 Å². The van der Waals surface area contributed by atoms with Crippen LogP contribution in [0.15, 0.2) is 24.3 Å². The summed E-state index contributed by atoms with van der Waals surface area (Å²) in [5, 5.41) is 14.4. The van der Waals surface area contributed by atoms with Crippen molar-refractivity contribution >= 4 is 5.69 Å². The average Bonchev–Trinajstić information content (AvgIpc) is 2.47. The zero-order valence-electron chi connectivity index (χ0n) is 12.9. The Balaban J connectivity index is 1.99. The second kappa shape index (κ2) is 7.00. The lowest BCUT2D eigenvalue weighted by molar-refractivity contribution is -0.384. The second-order valence-electron chi connectivity index (χ2n) is 6.12. The standard InChI is InChI=1S/C16H24N2O3/c1-11(2)16-10-14(7-8-21-16)17-12(3)13-5-4-6-15(9-13)18(19)20/h4-6,9,11-12,14,16-17H,7-8,10H2,1-3H3. The molecule has 0 amide bonds. The van der Waals surface area contributed by atoms with Crippen LogP contribution in [0.2, 0.25) is 0 Å². The van der Waals surface area contributed by atoms with Crippen molar-refractivity contribution in [1.29, 1.82) is 0 Å². The monoisotopic (exact) mass is 292 g/mol. The highest BCUT2D eigenvalue weighted by atomic mass is 16.6. The average molecular weight is 292 g/mol. The first-order chi connectivity index (χ1) is 9.97. The summed E-state index contributed by atoms with van der Waals surface area (Å²) in [6.45, 7) is 7.19. The quantitative estimate of drug-likeness (QED) is 0.667. The number of nitro groups is 1. The van der Waals surface area contributed by atoms with E-state index in [0.29, 0.717) is 18.1 Å². The molecule has 0 bridgehead atoms. The SMILES string of the molecule is CC(NC1CCOC(C(C)C)C1)c1cccc([N+](=O)[O-])c1. The van der Waals surface area contributed by atoms with Crippen LogP contribution in [-0.4, -0.2) is 23.7 Å². The summed E-state index contributed by atoms with van der Waals surface area (Å²) in [5.74, 6) is 0.516. The Morgan fingerprint density at radius 1 is 1.38 bits per heavy atom. The normalized spacial score (nSPS) is 24.0. The molecule has 2 rings (SSSR count). The molecule has 1 heterocycles. The number of rotatable bonds is 5.